The van der Waals surface area contributed by atoms with Crippen molar-refractivity contribution in [2.75, 3.05) is 5.32 Å². The Labute approximate surface area is 142 Å². The molecule has 3 aromatic rings. The number of phenolic OH excluding ortho intramolecular Hbond substituents is 1. The van der Waals surface area contributed by atoms with Gasteiger partial charge in [0.1, 0.15) is 11.6 Å². The van der Waals surface area contributed by atoms with Gasteiger partial charge in [0, 0.05) is 16.5 Å². The Morgan fingerprint density at radius 3 is 2.46 bits per heavy atom. The third-order valence-electron chi connectivity index (χ3n) is 3.49. The van der Waals surface area contributed by atoms with E-state index in [1.54, 1.807) is 36.4 Å². The van der Waals surface area contributed by atoms with Crippen molar-refractivity contribution in [1.82, 2.24) is 5.32 Å². The SMILES string of the molecule is O=C(NC(=S)Nc1cccc2c(O)cccc12)c1ccccc1F. The normalized spacial score (nSPS) is 10.4. The highest BCUT2D eigenvalue weighted by molar-refractivity contribution is 7.80. The minimum Gasteiger partial charge on any atom is -0.507 e. The summed E-state index contributed by atoms with van der Waals surface area (Å²) in [7, 11) is 0. The molecule has 0 aliphatic carbocycles. The van der Waals surface area contributed by atoms with Gasteiger partial charge in [-0.15, -0.1) is 0 Å². The first-order valence-corrected chi connectivity index (χ1v) is 7.54. The molecule has 24 heavy (non-hydrogen) atoms. The van der Waals surface area contributed by atoms with Crippen molar-refractivity contribution in [2.45, 2.75) is 0 Å². The molecule has 0 atom stereocenters. The van der Waals surface area contributed by atoms with Gasteiger partial charge in [-0.2, -0.15) is 0 Å². The molecule has 6 heteroatoms. The number of hydrogen-bond acceptors (Lipinski definition) is 3. The Hall–Kier alpha value is -2.99. The highest BCUT2D eigenvalue weighted by atomic mass is 32.1. The maximum Gasteiger partial charge on any atom is 0.260 e. The number of carbonyl (C=O) groups is 1. The summed E-state index contributed by atoms with van der Waals surface area (Å²) >= 11 is 5.12. The van der Waals surface area contributed by atoms with Crippen molar-refractivity contribution >= 4 is 39.7 Å². The number of anilines is 1. The van der Waals surface area contributed by atoms with E-state index in [4.69, 9.17) is 12.2 Å². The van der Waals surface area contributed by atoms with Crippen LogP contribution in [-0.4, -0.2) is 16.1 Å². The van der Waals surface area contributed by atoms with Crippen molar-refractivity contribution in [1.29, 1.82) is 0 Å². The smallest absolute Gasteiger partial charge is 0.260 e. The van der Waals surface area contributed by atoms with E-state index in [2.05, 4.69) is 10.6 Å². The molecule has 3 rings (SSSR count). The third-order valence-corrected chi connectivity index (χ3v) is 3.70. The predicted octanol–water partition coefficient (Wildman–Crippen LogP) is 3.81. The van der Waals surface area contributed by atoms with Crippen LogP contribution in [0.1, 0.15) is 10.4 Å². The summed E-state index contributed by atoms with van der Waals surface area (Å²) in [4.78, 5) is 12.1. The van der Waals surface area contributed by atoms with E-state index in [-0.39, 0.29) is 16.4 Å². The number of rotatable bonds is 2. The van der Waals surface area contributed by atoms with Gasteiger partial charge in [0.2, 0.25) is 0 Å². The first kappa shape index (κ1) is 15.9. The van der Waals surface area contributed by atoms with Crippen LogP contribution in [0, 0.1) is 5.82 Å². The van der Waals surface area contributed by atoms with Crippen LogP contribution in [0.15, 0.2) is 60.7 Å². The second-order valence-corrected chi connectivity index (χ2v) is 5.47. The number of thiocarbonyl (C=S) groups is 1. The van der Waals surface area contributed by atoms with Gasteiger partial charge in [-0.25, -0.2) is 4.39 Å². The Morgan fingerprint density at radius 1 is 0.958 bits per heavy atom. The van der Waals surface area contributed by atoms with Crippen molar-refractivity contribution < 1.29 is 14.3 Å². The lowest BCUT2D eigenvalue weighted by Gasteiger charge is -2.12. The highest BCUT2D eigenvalue weighted by Gasteiger charge is 2.13. The van der Waals surface area contributed by atoms with Crippen LogP contribution in [0.5, 0.6) is 5.75 Å². The zero-order chi connectivity index (χ0) is 17.1. The predicted molar refractivity (Wildman–Crippen MR) is 95.7 cm³/mol. The van der Waals surface area contributed by atoms with E-state index in [0.717, 1.165) is 5.39 Å². The number of carbonyl (C=O) groups excluding carboxylic acids is 1. The molecule has 0 heterocycles. The van der Waals surface area contributed by atoms with Crippen molar-refractivity contribution in [3.8, 4) is 5.75 Å². The van der Waals surface area contributed by atoms with Gasteiger partial charge in [-0.3, -0.25) is 10.1 Å². The Morgan fingerprint density at radius 2 is 1.67 bits per heavy atom. The molecule has 0 radical (unpaired) electrons. The number of aromatic hydroxyl groups is 1. The van der Waals surface area contributed by atoms with E-state index in [0.29, 0.717) is 11.1 Å². The number of hydrogen-bond donors (Lipinski definition) is 3. The number of nitrogens with one attached hydrogen (secondary N) is 2. The fraction of sp³-hybridized carbons (Fsp3) is 0. The van der Waals surface area contributed by atoms with Crippen LogP contribution >= 0.6 is 12.2 Å². The molecule has 3 N–H and O–H groups in total. The molecular weight excluding hydrogens is 327 g/mol. The summed E-state index contributed by atoms with van der Waals surface area (Å²) in [5.41, 5.74) is 0.541. The summed E-state index contributed by atoms with van der Waals surface area (Å²) in [5, 5.41) is 16.7. The Bertz CT molecular complexity index is 943. The van der Waals surface area contributed by atoms with Gasteiger partial charge < -0.3 is 10.4 Å². The van der Waals surface area contributed by atoms with Crippen LogP contribution in [0.2, 0.25) is 0 Å². The quantitative estimate of drug-likeness (QED) is 0.621. The van der Waals surface area contributed by atoms with Gasteiger partial charge in [-0.05, 0) is 36.5 Å². The van der Waals surface area contributed by atoms with E-state index >= 15 is 0 Å². The number of halogens is 1. The average Bonchev–Trinajstić information content (AvgIpc) is 2.56. The zero-order valence-corrected chi connectivity index (χ0v) is 13.2. The highest BCUT2D eigenvalue weighted by Crippen LogP contribution is 2.29. The van der Waals surface area contributed by atoms with Gasteiger partial charge in [0.15, 0.2) is 5.11 Å². The van der Waals surface area contributed by atoms with Crippen molar-refractivity contribution in [3.05, 3.63) is 72.0 Å². The van der Waals surface area contributed by atoms with Gasteiger partial charge >= 0.3 is 0 Å². The van der Waals surface area contributed by atoms with Crippen LogP contribution in [0.4, 0.5) is 10.1 Å². The van der Waals surface area contributed by atoms with Gasteiger partial charge in [0.05, 0.1) is 5.56 Å². The molecule has 4 nitrogen and oxygen atoms in total. The molecule has 0 saturated heterocycles. The molecule has 0 spiro atoms. The summed E-state index contributed by atoms with van der Waals surface area (Å²) < 4.78 is 13.6. The van der Waals surface area contributed by atoms with Gasteiger partial charge in [-0.1, -0.05) is 36.4 Å². The first-order chi connectivity index (χ1) is 11.6. The molecule has 0 unspecified atom stereocenters. The summed E-state index contributed by atoms with van der Waals surface area (Å²) in [6.45, 7) is 0. The number of phenols is 1. The molecule has 0 bridgehead atoms. The summed E-state index contributed by atoms with van der Waals surface area (Å²) in [5.74, 6) is -1.10. The van der Waals surface area contributed by atoms with Crippen LogP contribution in [-0.2, 0) is 0 Å². The first-order valence-electron chi connectivity index (χ1n) is 7.14. The largest absolute Gasteiger partial charge is 0.507 e. The fourth-order valence-corrected chi connectivity index (χ4v) is 2.57. The molecule has 0 aliphatic rings. The van der Waals surface area contributed by atoms with E-state index in [1.165, 1.54) is 18.2 Å². The lowest BCUT2D eigenvalue weighted by molar-refractivity contribution is 0.0974. The minimum absolute atomic E-state index is 0.0408. The molecule has 1 amide bonds. The topological polar surface area (TPSA) is 61.4 Å². The number of fused-ring (bicyclic) bond motifs is 1. The number of amides is 1. The van der Waals surface area contributed by atoms with E-state index < -0.39 is 11.7 Å². The zero-order valence-electron chi connectivity index (χ0n) is 12.4. The van der Waals surface area contributed by atoms with Crippen LogP contribution in [0.25, 0.3) is 10.8 Å². The number of benzene rings is 3. The van der Waals surface area contributed by atoms with Crippen LogP contribution in [0.3, 0.4) is 0 Å². The molecule has 120 valence electrons. The molecule has 0 aromatic heterocycles. The Kier molecular flexibility index (Phi) is 4.39. The summed E-state index contributed by atoms with van der Waals surface area (Å²) in [6, 6.07) is 16.1. The van der Waals surface area contributed by atoms with E-state index in [9.17, 15) is 14.3 Å². The van der Waals surface area contributed by atoms with Crippen molar-refractivity contribution in [2.24, 2.45) is 0 Å². The lowest BCUT2D eigenvalue weighted by atomic mass is 10.1. The van der Waals surface area contributed by atoms with Gasteiger partial charge in [0.25, 0.3) is 5.91 Å². The second-order valence-electron chi connectivity index (χ2n) is 5.07. The lowest BCUT2D eigenvalue weighted by Crippen LogP contribution is -2.34. The Balaban J connectivity index is 1.80. The molecule has 0 saturated carbocycles. The average molecular weight is 340 g/mol. The minimum atomic E-state index is -0.631. The molecule has 3 aromatic carbocycles. The third kappa shape index (κ3) is 3.18. The molecule has 0 fully saturated rings. The van der Waals surface area contributed by atoms with E-state index in [1.807, 2.05) is 6.07 Å². The molecule has 0 aliphatic heterocycles. The fourth-order valence-electron chi connectivity index (χ4n) is 2.37. The standard InChI is InChI=1S/C18H13FN2O2S/c19-14-8-2-1-5-13(14)17(23)21-18(24)20-15-9-3-7-12-11(15)6-4-10-16(12)22/h1-10,22H,(H2,20,21,23,24). The maximum absolute atomic E-state index is 13.6. The van der Waals surface area contributed by atoms with Crippen LogP contribution < -0.4 is 10.6 Å². The summed E-state index contributed by atoms with van der Waals surface area (Å²) in [6.07, 6.45) is 0. The maximum atomic E-state index is 13.6. The molecular formula is C18H13FN2O2S. The second kappa shape index (κ2) is 6.64. The monoisotopic (exact) mass is 340 g/mol. The van der Waals surface area contributed by atoms with Crippen molar-refractivity contribution in [3.63, 3.8) is 0 Å².